The average molecular weight is 301 g/mol. The van der Waals surface area contributed by atoms with Crippen LogP contribution in [0, 0.1) is 6.92 Å². The summed E-state index contributed by atoms with van der Waals surface area (Å²) in [6.45, 7) is 2.00. The maximum absolute atomic E-state index is 12.2. The molecule has 0 radical (unpaired) electrons. The molecule has 0 atom stereocenters. The van der Waals surface area contributed by atoms with E-state index >= 15 is 0 Å². The van der Waals surface area contributed by atoms with Crippen LogP contribution in [0.15, 0.2) is 29.6 Å². The van der Waals surface area contributed by atoms with E-state index < -0.39 is 11.4 Å². The van der Waals surface area contributed by atoms with Gasteiger partial charge < -0.3 is 11.1 Å². The molecule has 3 N–H and O–H groups in total. The first-order valence-corrected chi connectivity index (χ1v) is 7.54. The Bertz CT molecular complexity index is 719. The first-order chi connectivity index (χ1) is 10.0. The fourth-order valence-electron chi connectivity index (χ4n) is 2.15. The zero-order valence-electron chi connectivity index (χ0n) is 11.6. The van der Waals surface area contributed by atoms with Gasteiger partial charge in [0.15, 0.2) is 0 Å². The minimum Gasteiger partial charge on any atom is -0.368 e. The molecule has 0 unspecified atom stereocenters. The summed E-state index contributed by atoms with van der Waals surface area (Å²) in [7, 11) is 0. The number of aryl methyl sites for hydroxylation is 1. The first kappa shape index (κ1) is 13.8. The molecular weight excluding hydrogens is 286 g/mol. The fraction of sp³-hybridized carbons (Fsp3) is 0.267. The van der Waals surface area contributed by atoms with E-state index in [2.05, 4.69) is 10.3 Å². The molecule has 6 heteroatoms. The van der Waals surface area contributed by atoms with Crippen molar-refractivity contribution >= 4 is 23.2 Å². The molecule has 108 valence electrons. The molecule has 1 heterocycles. The third-order valence-electron chi connectivity index (χ3n) is 3.69. The van der Waals surface area contributed by atoms with Crippen molar-refractivity contribution in [3.05, 3.63) is 40.9 Å². The topological polar surface area (TPSA) is 85.1 Å². The predicted molar refractivity (Wildman–Crippen MR) is 80.9 cm³/mol. The molecule has 1 aliphatic rings. The van der Waals surface area contributed by atoms with Crippen molar-refractivity contribution in [2.24, 2.45) is 5.73 Å². The van der Waals surface area contributed by atoms with Gasteiger partial charge in [-0.2, -0.15) is 0 Å². The Morgan fingerprint density at radius 1 is 1.33 bits per heavy atom. The number of nitrogens with two attached hydrogens (primary N) is 1. The lowest BCUT2D eigenvalue weighted by molar-refractivity contribution is -0.120. The summed E-state index contributed by atoms with van der Waals surface area (Å²) in [5, 5.41) is 5.19. The van der Waals surface area contributed by atoms with Crippen LogP contribution in [0.2, 0.25) is 0 Å². The van der Waals surface area contributed by atoms with E-state index in [0.717, 1.165) is 16.1 Å². The lowest BCUT2D eigenvalue weighted by atomic mass is 10.1. The molecule has 1 fully saturated rings. The minimum absolute atomic E-state index is 0.325. The maximum atomic E-state index is 12.2. The summed E-state index contributed by atoms with van der Waals surface area (Å²) in [6.07, 6.45) is 1.20. The van der Waals surface area contributed by atoms with Crippen LogP contribution in [0.5, 0.6) is 0 Å². The van der Waals surface area contributed by atoms with Gasteiger partial charge in [0.25, 0.3) is 5.91 Å². The number of rotatable bonds is 4. The normalized spacial score (nSPS) is 15.5. The Kier molecular flexibility index (Phi) is 3.25. The van der Waals surface area contributed by atoms with E-state index in [9.17, 15) is 9.59 Å². The number of primary amides is 1. The Morgan fingerprint density at radius 3 is 2.67 bits per heavy atom. The SMILES string of the molecule is Cc1ccccc1-c1nc(C(=O)NC2(C(N)=O)CC2)cs1. The number of thiazole rings is 1. The van der Waals surface area contributed by atoms with Gasteiger partial charge in [0.2, 0.25) is 5.91 Å². The van der Waals surface area contributed by atoms with E-state index in [0.29, 0.717) is 18.5 Å². The van der Waals surface area contributed by atoms with Crippen LogP contribution >= 0.6 is 11.3 Å². The number of carbonyl (C=O) groups is 2. The molecule has 1 aromatic carbocycles. The van der Waals surface area contributed by atoms with E-state index in [4.69, 9.17) is 5.73 Å². The van der Waals surface area contributed by atoms with Crippen LogP contribution in [0.4, 0.5) is 0 Å². The zero-order valence-corrected chi connectivity index (χ0v) is 12.4. The van der Waals surface area contributed by atoms with Crippen molar-refractivity contribution in [3.63, 3.8) is 0 Å². The Hall–Kier alpha value is -2.21. The van der Waals surface area contributed by atoms with Crippen LogP contribution in [-0.2, 0) is 4.79 Å². The van der Waals surface area contributed by atoms with Crippen molar-refractivity contribution < 1.29 is 9.59 Å². The second-order valence-electron chi connectivity index (χ2n) is 5.25. The fourth-order valence-corrected chi connectivity index (χ4v) is 3.04. The summed E-state index contributed by atoms with van der Waals surface area (Å²) in [6, 6.07) is 7.88. The van der Waals surface area contributed by atoms with Crippen molar-refractivity contribution in [2.75, 3.05) is 0 Å². The number of carbonyl (C=O) groups excluding carboxylic acids is 2. The molecule has 0 saturated heterocycles. The molecule has 0 aliphatic heterocycles. The molecule has 1 aromatic heterocycles. The predicted octanol–water partition coefficient (Wildman–Crippen LogP) is 1.87. The van der Waals surface area contributed by atoms with Gasteiger partial charge in [-0.3, -0.25) is 9.59 Å². The molecular formula is C15H15N3O2S. The van der Waals surface area contributed by atoms with Gasteiger partial charge in [-0.25, -0.2) is 4.98 Å². The Balaban J connectivity index is 1.81. The number of nitrogens with one attached hydrogen (secondary N) is 1. The highest BCUT2D eigenvalue weighted by molar-refractivity contribution is 7.13. The molecule has 0 spiro atoms. The van der Waals surface area contributed by atoms with E-state index in [1.165, 1.54) is 11.3 Å². The van der Waals surface area contributed by atoms with Crippen molar-refractivity contribution in [3.8, 4) is 10.6 Å². The number of hydrogen-bond donors (Lipinski definition) is 2. The summed E-state index contributed by atoms with van der Waals surface area (Å²) >= 11 is 1.41. The zero-order chi connectivity index (χ0) is 15.0. The molecule has 3 rings (SSSR count). The summed E-state index contributed by atoms with van der Waals surface area (Å²) in [5.74, 6) is -0.826. The lowest BCUT2D eigenvalue weighted by Gasteiger charge is -2.11. The van der Waals surface area contributed by atoms with E-state index in [1.807, 2.05) is 31.2 Å². The Labute approximate surface area is 126 Å². The second kappa shape index (κ2) is 4.96. The molecule has 5 nitrogen and oxygen atoms in total. The molecule has 0 bridgehead atoms. The number of nitrogens with zero attached hydrogens (tertiary/aromatic N) is 1. The molecule has 2 amide bonds. The monoisotopic (exact) mass is 301 g/mol. The summed E-state index contributed by atoms with van der Waals surface area (Å²) < 4.78 is 0. The van der Waals surface area contributed by atoms with Crippen molar-refractivity contribution in [2.45, 2.75) is 25.3 Å². The van der Waals surface area contributed by atoms with Gasteiger partial charge in [0, 0.05) is 10.9 Å². The molecule has 1 saturated carbocycles. The van der Waals surface area contributed by atoms with Crippen molar-refractivity contribution in [1.82, 2.24) is 10.3 Å². The van der Waals surface area contributed by atoms with Gasteiger partial charge in [0.1, 0.15) is 16.2 Å². The smallest absolute Gasteiger partial charge is 0.271 e. The highest BCUT2D eigenvalue weighted by Gasteiger charge is 2.50. The van der Waals surface area contributed by atoms with Crippen LogP contribution < -0.4 is 11.1 Å². The largest absolute Gasteiger partial charge is 0.368 e. The van der Waals surface area contributed by atoms with Crippen molar-refractivity contribution in [1.29, 1.82) is 0 Å². The summed E-state index contributed by atoms with van der Waals surface area (Å²) in [4.78, 5) is 27.8. The maximum Gasteiger partial charge on any atom is 0.271 e. The average Bonchev–Trinajstić information content (AvgIpc) is 3.07. The molecule has 2 aromatic rings. The van der Waals surface area contributed by atoms with E-state index in [-0.39, 0.29) is 5.91 Å². The third-order valence-corrected chi connectivity index (χ3v) is 4.56. The standard InChI is InChI=1S/C15H15N3O2S/c1-9-4-2-3-5-10(9)13-17-11(8-21-13)12(19)18-15(6-7-15)14(16)20/h2-5,8H,6-7H2,1H3,(H2,16,20)(H,18,19). The second-order valence-corrected chi connectivity index (χ2v) is 6.11. The van der Waals surface area contributed by atoms with Crippen LogP contribution in [0.25, 0.3) is 10.6 Å². The number of benzene rings is 1. The van der Waals surface area contributed by atoms with Gasteiger partial charge >= 0.3 is 0 Å². The highest BCUT2D eigenvalue weighted by atomic mass is 32.1. The molecule has 1 aliphatic carbocycles. The quantitative estimate of drug-likeness (QED) is 0.904. The lowest BCUT2D eigenvalue weighted by Crippen LogP contribution is -2.46. The van der Waals surface area contributed by atoms with Gasteiger partial charge in [-0.1, -0.05) is 24.3 Å². The van der Waals surface area contributed by atoms with Crippen LogP contribution in [-0.4, -0.2) is 22.3 Å². The highest BCUT2D eigenvalue weighted by Crippen LogP contribution is 2.35. The van der Waals surface area contributed by atoms with Gasteiger partial charge in [0.05, 0.1) is 0 Å². The minimum atomic E-state index is -0.858. The number of amides is 2. The van der Waals surface area contributed by atoms with E-state index in [1.54, 1.807) is 5.38 Å². The van der Waals surface area contributed by atoms with Gasteiger partial charge in [-0.05, 0) is 25.3 Å². The third kappa shape index (κ3) is 2.54. The van der Waals surface area contributed by atoms with Crippen LogP contribution in [0.3, 0.4) is 0 Å². The Morgan fingerprint density at radius 2 is 2.05 bits per heavy atom. The van der Waals surface area contributed by atoms with Crippen LogP contribution in [0.1, 0.15) is 28.9 Å². The summed E-state index contributed by atoms with van der Waals surface area (Å²) in [5.41, 5.74) is 6.89. The first-order valence-electron chi connectivity index (χ1n) is 6.66. The number of aromatic nitrogens is 1. The number of hydrogen-bond acceptors (Lipinski definition) is 4. The molecule has 21 heavy (non-hydrogen) atoms. The van der Waals surface area contributed by atoms with Gasteiger partial charge in [-0.15, -0.1) is 11.3 Å².